The Kier molecular flexibility index (Phi) is 5.07. The summed E-state index contributed by atoms with van der Waals surface area (Å²) in [6, 6.07) is 7.97. The highest BCUT2D eigenvalue weighted by Crippen LogP contribution is 2.35. The molecule has 4 nitrogen and oxygen atoms in total. The molecule has 0 aliphatic carbocycles. The van der Waals surface area contributed by atoms with Crippen LogP contribution in [-0.4, -0.2) is 23.6 Å². The average Bonchev–Trinajstić information content (AvgIpc) is 2.98. The molecule has 0 fully saturated rings. The molecule has 0 amide bonds. The third-order valence-electron chi connectivity index (χ3n) is 4.39. The molecule has 0 aliphatic heterocycles. The Hall–Kier alpha value is -2.04. The number of hydrogen-bond acceptors (Lipinski definition) is 3. The minimum atomic E-state index is 0.610. The number of nitrogens with one attached hydrogen (secondary N) is 1. The van der Waals surface area contributed by atoms with Crippen LogP contribution in [0.25, 0.3) is 22.2 Å². The van der Waals surface area contributed by atoms with Gasteiger partial charge in [-0.1, -0.05) is 17.7 Å². The van der Waals surface area contributed by atoms with Gasteiger partial charge in [-0.05, 0) is 56.0 Å². The standard InChI is InChI=1S/C19H22ClN3O/c1-12-16(20)8-7-15-14(5-3-4-10-21)19(23-18(12)15)13-6-9-17(24-2)22-11-13/h6-9,11,23H,3-5,10,21H2,1-2H3. The fourth-order valence-corrected chi connectivity index (χ4v) is 3.19. The number of aromatic amines is 1. The zero-order valence-electron chi connectivity index (χ0n) is 14.0. The minimum absolute atomic E-state index is 0.610. The van der Waals surface area contributed by atoms with Crippen molar-refractivity contribution in [2.24, 2.45) is 5.73 Å². The number of nitrogens with two attached hydrogens (primary N) is 1. The molecule has 0 saturated carbocycles. The van der Waals surface area contributed by atoms with Crippen LogP contribution in [0.15, 0.2) is 30.5 Å². The van der Waals surface area contributed by atoms with E-state index in [4.69, 9.17) is 22.1 Å². The molecule has 0 saturated heterocycles. The summed E-state index contributed by atoms with van der Waals surface area (Å²) in [7, 11) is 1.62. The predicted molar refractivity (Wildman–Crippen MR) is 99.8 cm³/mol. The molecular weight excluding hydrogens is 322 g/mol. The number of aromatic nitrogens is 2. The fourth-order valence-electron chi connectivity index (χ4n) is 3.04. The van der Waals surface area contributed by atoms with Crippen LogP contribution in [0.1, 0.15) is 24.0 Å². The van der Waals surface area contributed by atoms with Crippen LogP contribution in [0.2, 0.25) is 5.02 Å². The molecule has 3 N–H and O–H groups in total. The highest BCUT2D eigenvalue weighted by molar-refractivity contribution is 6.32. The first-order valence-corrected chi connectivity index (χ1v) is 8.53. The summed E-state index contributed by atoms with van der Waals surface area (Å²) in [5.74, 6) is 0.610. The lowest BCUT2D eigenvalue weighted by Crippen LogP contribution is -1.99. The van der Waals surface area contributed by atoms with E-state index in [0.29, 0.717) is 12.4 Å². The normalized spacial score (nSPS) is 11.2. The van der Waals surface area contributed by atoms with Gasteiger partial charge in [0.2, 0.25) is 5.88 Å². The summed E-state index contributed by atoms with van der Waals surface area (Å²) >= 11 is 6.30. The van der Waals surface area contributed by atoms with Gasteiger partial charge in [0.15, 0.2) is 0 Å². The van der Waals surface area contributed by atoms with Crippen LogP contribution in [0, 0.1) is 6.92 Å². The molecule has 1 aromatic carbocycles. The number of methoxy groups -OCH3 is 1. The summed E-state index contributed by atoms with van der Waals surface area (Å²) in [6.07, 6.45) is 4.88. The molecule has 0 spiro atoms. The number of aryl methyl sites for hydroxylation is 2. The fraction of sp³-hybridized carbons (Fsp3) is 0.316. The monoisotopic (exact) mass is 343 g/mol. The van der Waals surface area contributed by atoms with Crippen molar-refractivity contribution in [3.05, 3.63) is 46.6 Å². The van der Waals surface area contributed by atoms with Gasteiger partial charge < -0.3 is 15.5 Å². The van der Waals surface area contributed by atoms with Crippen molar-refractivity contribution in [3.8, 4) is 17.1 Å². The van der Waals surface area contributed by atoms with Crippen molar-refractivity contribution in [3.63, 3.8) is 0 Å². The first-order valence-electron chi connectivity index (χ1n) is 8.16. The highest BCUT2D eigenvalue weighted by Gasteiger charge is 2.15. The van der Waals surface area contributed by atoms with E-state index in [0.717, 1.165) is 46.6 Å². The zero-order valence-corrected chi connectivity index (χ0v) is 14.8. The molecule has 0 unspecified atom stereocenters. The lowest BCUT2D eigenvalue weighted by atomic mass is 10.0. The third kappa shape index (κ3) is 3.12. The third-order valence-corrected chi connectivity index (χ3v) is 4.80. The van der Waals surface area contributed by atoms with Gasteiger partial charge in [-0.3, -0.25) is 0 Å². The van der Waals surface area contributed by atoms with E-state index in [1.165, 1.54) is 10.9 Å². The van der Waals surface area contributed by atoms with E-state index >= 15 is 0 Å². The smallest absolute Gasteiger partial charge is 0.212 e. The SMILES string of the molecule is COc1ccc(-c2[nH]c3c(C)c(Cl)ccc3c2CCCCN)cn1. The molecule has 3 rings (SSSR count). The van der Waals surface area contributed by atoms with E-state index in [-0.39, 0.29) is 0 Å². The van der Waals surface area contributed by atoms with Gasteiger partial charge in [0.25, 0.3) is 0 Å². The molecule has 24 heavy (non-hydrogen) atoms. The van der Waals surface area contributed by atoms with E-state index in [9.17, 15) is 0 Å². The van der Waals surface area contributed by atoms with Gasteiger partial charge in [-0.2, -0.15) is 0 Å². The van der Waals surface area contributed by atoms with Gasteiger partial charge in [-0.15, -0.1) is 0 Å². The Balaban J connectivity index is 2.13. The Morgan fingerprint density at radius 1 is 1.21 bits per heavy atom. The minimum Gasteiger partial charge on any atom is -0.481 e. The van der Waals surface area contributed by atoms with Gasteiger partial charge in [-0.25, -0.2) is 4.98 Å². The van der Waals surface area contributed by atoms with Crippen LogP contribution in [-0.2, 0) is 6.42 Å². The van der Waals surface area contributed by atoms with Crippen LogP contribution in [0.4, 0.5) is 0 Å². The first kappa shape index (κ1) is 16.8. The van der Waals surface area contributed by atoms with Crippen molar-refractivity contribution < 1.29 is 4.74 Å². The number of hydrogen-bond donors (Lipinski definition) is 2. The summed E-state index contributed by atoms with van der Waals surface area (Å²) < 4.78 is 5.16. The maximum atomic E-state index is 6.30. The number of pyridine rings is 1. The van der Waals surface area contributed by atoms with Gasteiger partial charge in [0, 0.05) is 28.2 Å². The average molecular weight is 344 g/mol. The number of rotatable bonds is 6. The molecular formula is C19H22ClN3O. The largest absolute Gasteiger partial charge is 0.481 e. The van der Waals surface area contributed by atoms with Crippen LogP contribution >= 0.6 is 11.6 Å². The van der Waals surface area contributed by atoms with Crippen LogP contribution in [0.5, 0.6) is 5.88 Å². The van der Waals surface area contributed by atoms with Gasteiger partial charge >= 0.3 is 0 Å². The second-order valence-electron chi connectivity index (χ2n) is 5.91. The number of ether oxygens (including phenoxy) is 1. The molecule has 2 heterocycles. The number of H-pyrrole nitrogens is 1. The number of nitrogens with zero attached hydrogens (tertiary/aromatic N) is 1. The van der Waals surface area contributed by atoms with Crippen LogP contribution < -0.4 is 10.5 Å². The lowest BCUT2D eigenvalue weighted by molar-refractivity contribution is 0.398. The molecule has 0 bridgehead atoms. The highest BCUT2D eigenvalue weighted by atomic mass is 35.5. The van der Waals surface area contributed by atoms with Crippen molar-refractivity contribution in [2.45, 2.75) is 26.2 Å². The van der Waals surface area contributed by atoms with Crippen molar-refractivity contribution in [1.29, 1.82) is 0 Å². The maximum Gasteiger partial charge on any atom is 0.212 e. The summed E-state index contributed by atoms with van der Waals surface area (Å²) in [5.41, 5.74) is 11.3. The van der Waals surface area contributed by atoms with E-state index in [1.807, 2.05) is 31.3 Å². The van der Waals surface area contributed by atoms with E-state index in [2.05, 4.69) is 16.0 Å². The summed E-state index contributed by atoms with van der Waals surface area (Å²) in [6.45, 7) is 2.76. The quantitative estimate of drug-likeness (QED) is 0.648. The Morgan fingerprint density at radius 2 is 2.04 bits per heavy atom. The van der Waals surface area contributed by atoms with Crippen molar-refractivity contribution in [2.75, 3.05) is 13.7 Å². The summed E-state index contributed by atoms with van der Waals surface area (Å²) in [5, 5.41) is 2.00. The van der Waals surface area contributed by atoms with Gasteiger partial charge in [0.05, 0.1) is 18.3 Å². The number of unbranched alkanes of at least 4 members (excludes halogenated alkanes) is 1. The second-order valence-corrected chi connectivity index (χ2v) is 6.32. The molecule has 126 valence electrons. The molecule has 5 heteroatoms. The molecule has 2 aromatic heterocycles. The first-order chi connectivity index (χ1) is 11.7. The molecule has 0 aliphatic rings. The van der Waals surface area contributed by atoms with E-state index in [1.54, 1.807) is 7.11 Å². The predicted octanol–water partition coefficient (Wildman–Crippen LogP) is 4.48. The molecule has 0 radical (unpaired) electrons. The molecule has 3 aromatic rings. The second kappa shape index (κ2) is 7.24. The van der Waals surface area contributed by atoms with Crippen molar-refractivity contribution >= 4 is 22.5 Å². The zero-order chi connectivity index (χ0) is 17.1. The van der Waals surface area contributed by atoms with Crippen molar-refractivity contribution in [1.82, 2.24) is 9.97 Å². The summed E-state index contributed by atoms with van der Waals surface area (Å²) in [4.78, 5) is 7.89. The number of fused-ring (bicyclic) bond motifs is 1. The Bertz CT molecular complexity index is 840. The number of benzene rings is 1. The van der Waals surface area contributed by atoms with Crippen LogP contribution in [0.3, 0.4) is 0 Å². The Labute approximate surface area is 147 Å². The Morgan fingerprint density at radius 3 is 2.71 bits per heavy atom. The number of halogens is 1. The van der Waals surface area contributed by atoms with Gasteiger partial charge in [0.1, 0.15) is 0 Å². The molecule has 0 atom stereocenters. The lowest BCUT2D eigenvalue weighted by Gasteiger charge is -2.06. The maximum absolute atomic E-state index is 6.30. The van der Waals surface area contributed by atoms with E-state index < -0.39 is 0 Å². The topological polar surface area (TPSA) is 63.9 Å².